The van der Waals surface area contributed by atoms with Crippen molar-refractivity contribution in [3.05, 3.63) is 120 Å². The molecular weight excluding hydrogens is 718 g/mol. The lowest BCUT2D eigenvalue weighted by atomic mass is 10.1. The predicted molar refractivity (Wildman–Crippen MR) is 210 cm³/mol. The van der Waals surface area contributed by atoms with E-state index in [2.05, 4.69) is 49.9 Å². The van der Waals surface area contributed by atoms with Crippen LogP contribution in [0.2, 0.25) is 0 Å². The van der Waals surface area contributed by atoms with Crippen molar-refractivity contribution >= 4 is 29.3 Å². The first-order valence-electron chi connectivity index (χ1n) is 18.3. The van der Waals surface area contributed by atoms with Crippen LogP contribution in [0, 0.1) is 5.82 Å². The first kappa shape index (κ1) is 39.2. The van der Waals surface area contributed by atoms with Crippen LogP contribution < -0.4 is 20.3 Å². The zero-order valence-corrected chi connectivity index (χ0v) is 32.3. The molecule has 0 spiro atoms. The minimum absolute atomic E-state index is 0.0168. The van der Waals surface area contributed by atoms with E-state index in [0.717, 1.165) is 22.9 Å². The Labute approximate surface area is 324 Å². The fraction of sp³-hybridized carbons (Fsp3) is 0.317. The maximum Gasteiger partial charge on any atom is 0.407 e. The number of halogens is 1. The maximum atomic E-state index is 14.8. The molecule has 0 saturated heterocycles. The third kappa shape index (κ3) is 9.58. The zero-order valence-electron chi connectivity index (χ0n) is 32.3. The standard InChI is InChI=1S/C41H46FN9O5/c1-7-50-26-31(21-46-50)34-35(43-20-30-18-32(42)22-44-37(30)55-27(2)19-45-40(53)56-41(3,4)5)48-36-33(39(52)54-6)23-47-51(36)38(34)49(24-28-14-10-8-11-15-28)25-29-16-12-9-13-17-29/h8-18,21-23,26-27H,7,19-20,24-25H2,1-6H3,(H,43,48)(H,45,53)/t27-/m0/s1. The second-order valence-corrected chi connectivity index (χ2v) is 14.1. The number of nitrogens with one attached hydrogen (secondary N) is 2. The number of ether oxygens (including phenoxy) is 3. The number of esters is 1. The van der Waals surface area contributed by atoms with Gasteiger partial charge < -0.3 is 29.7 Å². The van der Waals surface area contributed by atoms with Gasteiger partial charge in [-0.15, -0.1) is 0 Å². The van der Waals surface area contributed by atoms with E-state index in [1.165, 1.54) is 19.4 Å². The van der Waals surface area contributed by atoms with Crippen molar-refractivity contribution in [2.75, 3.05) is 23.9 Å². The summed E-state index contributed by atoms with van der Waals surface area (Å²) < 4.78 is 34.9. The number of aromatic nitrogens is 6. The average Bonchev–Trinajstić information content (AvgIpc) is 3.84. The number of carbonyl (C=O) groups excluding carboxylic acids is 2. The molecule has 6 aromatic rings. The van der Waals surface area contributed by atoms with Gasteiger partial charge in [0.05, 0.1) is 37.8 Å². The van der Waals surface area contributed by atoms with Gasteiger partial charge >= 0.3 is 12.1 Å². The van der Waals surface area contributed by atoms with Crippen LogP contribution in [0.1, 0.15) is 61.7 Å². The largest absolute Gasteiger partial charge is 0.473 e. The Hall–Kier alpha value is -6.51. The van der Waals surface area contributed by atoms with Crippen molar-refractivity contribution in [2.45, 2.75) is 72.5 Å². The number of anilines is 2. The van der Waals surface area contributed by atoms with Crippen molar-refractivity contribution in [2.24, 2.45) is 0 Å². The van der Waals surface area contributed by atoms with Crippen LogP contribution in [0.25, 0.3) is 16.8 Å². The van der Waals surface area contributed by atoms with Gasteiger partial charge in [-0.1, -0.05) is 60.7 Å². The van der Waals surface area contributed by atoms with Crippen LogP contribution in [-0.4, -0.2) is 66.8 Å². The third-order valence-corrected chi connectivity index (χ3v) is 8.59. The topological polar surface area (TPSA) is 150 Å². The summed E-state index contributed by atoms with van der Waals surface area (Å²) in [6, 6.07) is 21.4. The van der Waals surface area contributed by atoms with E-state index in [9.17, 15) is 14.0 Å². The van der Waals surface area contributed by atoms with Crippen molar-refractivity contribution in [1.82, 2.24) is 34.7 Å². The van der Waals surface area contributed by atoms with E-state index in [1.54, 1.807) is 38.4 Å². The normalized spacial score (nSPS) is 11.9. The Morgan fingerprint density at radius 3 is 2.25 bits per heavy atom. The van der Waals surface area contributed by atoms with Crippen LogP contribution in [0.15, 0.2) is 91.5 Å². The van der Waals surface area contributed by atoms with Gasteiger partial charge in [-0.25, -0.2) is 23.9 Å². The van der Waals surface area contributed by atoms with E-state index in [-0.39, 0.29) is 30.2 Å². The quantitative estimate of drug-likeness (QED) is 0.104. The molecule has 4 aromatic heterocycles. The molecule has 56 heavy (non-hydrogen) atoms. The summed E-state index contributed by atoms with van der Waals surface area (Å²) in [6.45, 7) is 10.8. The number of hydrogen-bond acceptors (Lipinski definition) is 11. The molecule has 0 bridgehead atoms. The van der Waals surface area contributed by atoms with Crippen molar-refractivity contribution in [1.29, 1.82) is 0 Å². The molecule has 15 heteroatoms. The molecule has 1 amide bonds. The number of nitrogens with zero attached hydrogens (tertiary/aromatic N) is 7. The molecule has 292 valence electrons. The maximum absolute atomic E-state index is 14.8. The number of pyridine rings is 1. The van der Waals surface area contributed by atoms with E-state index < -0.39 is 29.6 Å². The van der Waals surface area contributed by atoms with Crippen molar-refractivity contribution in [3.63, 3.8) is 0 Å². The number of fused-ring (bicyclic) bond motifs is 1. The van der Waals surface area contributed by atoms with Crippen LogP contribution in [-0.2, 0) is 35.7 Å². The zero-order chi connectivity index (χ0) is 39.8. The number of amides is 1. The first-order chi connectivity index (χ1) is 26.9. The summed E-state index contributed by atoms with van der Waals surface area (Å²) >= 11 is 0. The molecule has 2 aromatic carbocycles. The molecule has 0 aliphatic carbocycles. The molecule has 14 nitrogen and oxygen atoms in total. The highest BCUT2D eigenvalue weighted by Gasteiger charge is 2.28. The van der Waals surface area contributed by atoms with E-state index in [1.807, 2.05) is 54.2 Å². The minimum atomic E-state index is -0.662. The molecule has 0 aliphatic heterocycles. The van der Waals surface area contributed by atoms with Crippen LogP contribution >= 0.6 is 0 Å². The monoisotopic (exact) mass is 763 g/mol. The number of benzene rings is 2. The van der Waals surface area contributed by atoms with E-state index in [4.69, 9.17) is 24.3 Å². The molecule has 4 heterocycles. The summed E-state index contributed by atoms with van der Waals surface area (Å²) in [4.78, 5) is 36.8. The predicted octanol–water partition coefficient (Wildman–Crippen LogP) is 7.04. The number of hydrogen-bond donors (Lipinski definition) is 2. The van der Waals surface area contributed by atoms with E-state index >= 15 is 0 Å². The molecule has 1 atom stereocenters. The summed E-state index contributed by atoms with van der Waals surface area (Å²) in [5.41, 5.74) is 3.60. The second kappa shape index (κ2) is 17.3. The molecular formula is C41H46FN9O5. The van der Waals surface area contributed by atoms with Gasteiger partial charge in [0.25, 0.3) is 0 Å². The minimum Gasteiger partial charge on any atom is -0.473 e. The lowest BCUT2D eigenvalue weighted by Crippen LogP contribution is -2.37. The molecule has 0 fully saturated rings. The number of alkyl carbamates (subject to hydrolysis) is 1. The molecule has 2 N–H and O–H groups in total. The molecule has 0 radical (unpaired) electrons. The fourth-order valence-electron chi connectivity index (χ4n) is 6.05. The second-order valence-electron chi connectivity index (χ2n) is 14.1. The van der Waals surface area contributed by atoms with Gasteiger partial charge in [-0.05, 0) is 51.8 Å². The van der Waals surface area contributed by atoms with Gasteiger partial charge in [-0.2, -0.15) is 14.7 Å². The SMILES string of the molecule is CCn1cc(-c2c(NCc3cc(F)cnc3O[C@@H](C)CNC(=O)OC(C)(C)C)nc3c(C(=O)OC)cnn3c2N(Cc2ccccc2)Cc2ccccc2)cn1. The van der Waals surface area contributed by atoms with Gasteiger partial charge in [0, 0.05) is 43.5 Å². The highest BCUT2D eigenvalue weighted by molar-refractivity contribution is 5.97. The lowest BCUT2D eigenvalue weighted by Gasteiger charge is -2.29. The third-order valence-electron chi connectivity index (χ3n) is 8.59. The van der Waals surface area contributed by atoms with Gasteiger partial charge in [0.1, 0.15) is 34.7 Å². The van der Waals surface area contributed by atoms with Crippen molar-refractivity contribution in [3.8, 4) is 17.0 Å². The van der Waals surface area contributed by atoms with Gasteiger partial charge in [0.2, 0.25) is 5.88 Å². The molecule has 0 aliphatic rings. The van der Waals surface area contributed by atoms with Crippen molar-refractivity contribution < 1.29 is 28.2 Å². The average molecular weight is 764 g/mol. The van der Waals surface area contributed by atoms with Crippen LogP contribution in [0.5, 0.6) is 5.88 Å². The summed E-state index contributed by atoms with van der Waals surface area (Å²) in [7, 11) is 1.30. The number of aryl methyl sites for hydroxylation is 1. The fourth-order valence-corrected chi connectivity index (χ4v) is 6.05. The molecule has 0 saturated carbocycles. The number of carbonyl (C=O) groups is 2. The highest BCUT2D eigenvalue weighted by Crippen LogP contribution is 2.39. The summed E-state index contributed by atoms with van der Waals surface area (Å²) in [6.07, 6.45) is 5.06. The summed E-state index contributed by atoms with van der Waals surface area (Å²) in [5, 5.41) is 15.4. The summed E-state index contributed by atoms with van der Waals surface area (Å²) in [5.74, 6) is -0.00888. The Morgan fingerprint density at radius 1 is 0.964 bits per heavy atom. The Kier molecular flexibility index (Phi) is 12.1. The van der Waals surface area contributed by atoms with E-state index in [0.29, 0.717) is 42.4 Å². The highest BCUT2D eigenvalue weighted by atomic mass is 19.1. The lowest BCUT2D eigenvalue weighted by molar-refractivity contribution is 0.0503. The molecule has 0 unspecified atom stereocenters. The number of rotatable bonds is 15. The van der Waals surface area contributed by atoms with Crippen LogP contribution in [0.4, 0.5) is 20.8 Å². The molecule has 6 rings (SSSR count). The Morgan fingerprint density at radius 2 is 1.64 bits per heavy atom. The van der Waals surface area contributed by atoms with Gasteiger partial charge in [-0.3, -0.25) is 4.68 Å². The smallest absolute Gasteiger partial charge is 0.407 e. The number of methoxy groups -OCH3 is 1. The first-order valence-corrected chi connectivity index (χ1v) is 18.3. The van der Waals surface area contributed by atoms with Crippen LogP contribution in [0.3, 0.4) is 0 Å². The van der Waals surface area contributed by atoms with Gasteiger partial charge in [0.15, 0.2) is 5.65 Å². The Balaban J connectivity index is 1.46. The Bertz CT molecular complexity index is 2230.